The van der Waals surface area contributed by atoms with E-state index in [0.717, 1.165) is 18.8 Å². The molecule has 1 fully saturated rings. The number of anilines is 3. The van der Waals surface area contributed by atoms with E-state index in [1.807, 2.05) is 24.3 Å². The van der Waals surface area contributed by atoms with Crippen LogP contribution in [0, 0.1) is 0 Å². The summed E-state index contributed by atoms with van der Waals surface area (Å²) in [6, 6.07) is 13.7. The largest absolute Gasteiger partial charge is 0.465 e. The number of amides is 2. The summed E-state index contributed by atoms with van der Waals surface area (Å²) in [5.74, 6) is -1.31. The average Bonchev–Trinajstić information content (AvgIpc) is 2.74. The summed E-state index contributed by atoms with van der Waals surface area (Å²) in [4.78, 5) is 38.1. The Morgan fingerprint density at radius 3 is 2.31 bits per heavy atom. The number of benzene rings is 2. The molecule has 0 saturated carbocycles. The molecule has 2 amide bonds. The van der Waals surface area contributed by atoms with E-state index in [0.29, 0.717) is 30.2 Å². The van der Waals surface area contributed by atoms with Crippen LogP contribution in [0.3, 0.4) is 0 Å². The maximum Gasteiger partial charge on any atom is 0.337 e. The van der Waals surface area contributed by atoms with Crippen molar-refractivity contribution in [1.82, 2.24) is 0 Å². The van der Waals surface area contributed by atoms with Gasteiger partial charge in [-0.1, -0.05) is 12.1 Å². The number of hydrogen-bond acceptors (Lipinski definition) is 6. The van der Waals surface area contributed by atoms with Crippen molar-refractivity contribution in [3.8, 4) is 0 Å². The number of esters is 1. The fourth-order valence-electron chi connectivity index (χ4n) is 3.01. The molecule has 0 bridgehead atoms. The molecule has 1 saturated heterocycles. The Morgan fingerprint density at radius 2 is 1.62 bits per heavy atom. The maximum atomic E-state index is 12.4. The molecule has 0 aromatic heterocycles. The monoisotopic (exact) mass is 397 g/mol. The zero-order chi connectivity index (χ0) is 20.6. The Labute approximate surface area is 168 Å². The molecule has 0 atom stereocenters. The average molecular weight is 397 g/mol. The van der Waals surface area contributed by atoms with E-state index in [9.17, 15) is 14.4 Å². The lowest BCUT2D eigenvalue weighted by atomic mass is 10.2. The van der Waals surface area contributed by atoms with E-state index in [4.69, 9.17) is 4.74 Å². The van der Waals surface area contributed by atoms with Gasteiger partial charge in [-0.25, -0.2) is 4.79 Å². The van der Waals surface area contributed by atoms with E-state index in [-0.39, 0.29) is 6.42 Å². The molecule has 1 aliphatic rings. The van der Waals surface area contributed by atoms with E-state index in [1.54, 1.807) is 24.3 Å². The first kappa shape index (κ1) is 20.3. The van der Waals surface area contributed by atoms with Crippen molar-refractivity contribution in [1.29, 1.82) is 0 Å². The second-order valence-corrected chi connectivity index (χ2v) is 6.46. The van der Waals surface area contributed by atoms with Gasteiger partial charge >= 0.3 is 5.97 Å². The van der Waals surface area contributed by atoms with E-state index >= 15 is 0 Å². The lowest BCUT2D eigenvalue weighted by molar-refractivity contribution is -0.123. The van der Waals surface area contributed by atoms with Crippen LogP contribution in [0.25, 0.3) is 0 Å². The lowest BCUT2D eigenvalue weighted by Crippen LogP contribution is -2.36. The number of para-hydroxylation sites is 2. The van der Waals surface area contributed by atoms with Crippen molar-refractivity contribution in [2.24, 2.45) is 0 Å². The van der Waals surface area contributed by atoms with Crippen LogP contribution in [-0.4, -0.2) is 51.2 Å². The molecular formula is C21H23N3O5. The standard InChI is InChI=1S/C21H23N3O5/c1-28-21(27)15-6-8-16(9-7-15)22-19(25)14-20(26)23-17-4-2-3-5-18(17)24-10-12-29-13-11-24/h2-9H,10-14H2,1H3,(H,22,25)(H,23,26). The third-order valence-electron chi connectivity index (χ3n) is 4.44. The molecule has 29 heavy (non-hydrogen) atoms. The first-order valence-electron chi connectivity index (χ1n) is 9.26. The highest BCUT2D eigenvalue weighted by Gasteiger charge is 2.17. The van der Waals surface area contributed by atoms with Gasteiger partial charge in [0.25, 0.3) is 0 Å². The van der Waals surface area contributed by atoms with Crippen LogP contribution in [0.2, 0.25) is 0 Å². The molecule has 8 heteroatoms. The number of nitrogens with zero attached hydrogens (tertiary/aromatic N) is 1. The minimum atomic E-state index is -0.457. The van der Waals surface area contributed by atoms with Crippen LogP contribution in [0.4, 0.5) is 17.1 Å². The predicted molar refractivity (Wildman–Crippen MR) is 109 cm³/mol. The molecule has 0 radical (unpaired) electrons. The van der Waals surface area contributed by atoms with Crippen LogP contribution >= 0.6 is 0 Å². The molecule has 0 aliphatic carbocycles. The number of morpholine rings is 1. The molecule has 2 N–H and O–H groups in total. The lowest BCUT2D eigenvalue weighted by Gasteiger charge is -2.30. The van der Waals surface area contributed by atoms with Gasteiger partial charge in [0.05, 0.1) is 37.3 Å². The van der Waals surface area contributed by atoms with Gasteiger partial charge in [0.2, 0.25) is 11.8 Å². The minimum absolute atomic E-state index is 0.323. The third-order valence-corrected chi connectivity index (χ3v) is 4.44. The van der Waals surface area contributed by atoms with Gasteiger partial charge in [0.15, 0.2) is 0 Å². The van der Waals surface area contributed by atoms with Gasteiger partial charge in [0, 0.05) is 18.8 Å². The maximum absolute atomic E-state index is 12.4. The summed E-state index contributed by atoms with van der Waals surface area (Å²) in [6.45, 7) is 2.77. The molecule has 3 rings (SSSR count). The zero-order valence-corrected chi connectivity index (χ0v) is 16.1. The number of carbonyl (C=O) groups excluding carboxylic acids is 3. The number of nitrogens with one attached hydrogen (secondary N) is 2. The van der Waals surface area contributed by atoms with E-state index < -0.39 is 17.8 Å². The van der Waals surface area contributed by atoms with Crippen molar-refractivity contribution < 1.29 is 23.9 Å². The number of carbonyl (C=O) groups is 3. The molecule has 0 unspecified atom stereocenters. The Kier molecular flexibility index (Phi) is 6.80. The van der Waals surface area contributed by atoms with Crippen molar-refractivity contribution in [2.75, 3.05) is 48.9 Å². The normalized spacial score (nSPS) is 13.5. The van der Waals surface area contributed by atoms with Gasteiger partial charge in [-0.15, -0.1) is 0 Å². The van der Waals surface area contributed by atoms with Crippen molar-refractivity contribution in [3.63, 3.8) is 0 Å². The quantitative estimate of drug-likeness (QED) is 0.573. The fraction of sp³-hybridized carbons (Fsp3) is 0.286. The Bertz CT molecular complexity index is 876. The highest BCUT2D eigenvalue weighted by Crippen LogP contribution is 2.26. The van der Waals surface area contributed by atoms with Crippen molar-refractivity contribution >= 4 is 34.8 Å². The first-order chi connectivity index (χ1) is 14.1. The highest BCUT2D eigenvalue weighted by molar-refractivity contribution is 6.09. The van der Waals surface area contributed by atoms with Crippen LogP contribution in [0.1, 0.15) is 16.8 Å². The number of ether oxygens (including phenoxy) is 2. The van der Waals surface area contributed by atoms with E-state index in [2.05, 4.69) is 20.3 Å². The third kappa shape index (κ3) is 5.55. The van der Waals surface area contributed by atoms with Gasteiger partial charge < -0.3 is 25.0 Å². The van der Waals surface area contributed by atoms with Crippen LogP contribution in [-0.2, 0) is 19.1 Å². The molecule has 8 nitrogen and oxygen atoms in total. The van der Waals surface area contributed by atoms with Gasteiger partial charge in [-0.2, -0.15) is 0 Å². The number of hydrogen-bond donors (Lipinski definition) is 2. The van der Waals surface area contributed by atoms with Crippen LogP contribution in [0.5, 0.6) is 0 Å². The highest BCUT2D eigenvalue weighted by atomic mass is 16.5. The Hall–Kier alpha value is -3.39. The second kappa shape index (κ2) is 9.70. The molecule has 2 aromatic carbocycles. The molecule has 152 valence electrons. The fourth-order valence-corrected chi connectivity index (χ4v) is 3.01. The molecule has 2 aromatic rings. The predicted octanol–water partition coefficient (Wildman–Crippen LogP) is 2.28. The Morgan fingerprint density at radius 1 is 0.966 bits per heavy atom. The summed E-state index contributed by atoms with van der Waals surface area (Å²) in [5, 5.41) is 5.45. The summed E-state index contributed by atoms with van der Waals surface area (Å²) >= 11 is 0. The van der Waals surface area contributed by atoms with Crippen LogP contribution < -0.4 is 15.5 Å². The van der Waals surface area contributed by atoms with Gasteiger partial charge in [-0.3, -0.25) is 9.59 Å². The molecule has 1 heterocycles. The first-order valence-corrected chi connectivity index (χ1v) is 9.26. The smallest absolute Gasteiger partial charge is 0.337 e. The van der Waals surface area contributed by atoms with Crippen LogP contribution in [0.15, 0.2) is 48.5 Å². The summed E-state index contributed by atoms with van der Waals surface area (Å²) in [6.07, 6.45) is -0.323. The van der Waals surface area contributed by atoms with Crippen molar-refractivity contribution in [3.05, 3.63) is 54.1 Å². The SMILES string of the molecule is COC(=O)c1ccc(NC(=O)CC(=O)Nc2ccccc2N2CCOCC2)cc1. The van der Waals surface area contributed by atoms with Gasteiger partial charge in [-0.05, 0) is 36.4 Å². The summed E-state index contributed by atoms with van der Waals surface area (Å²) in [7, 11) is 1.30. The van der Waals surface area contributed by atoms with Crippen molar-refractivity contribution in [2.45, 2.75) is 6.42 Å². The minimum Gasteiger partial charge on any atom is -0.465 e. The molecule has 0 spiro atoms. The Balaban J connectivity index is 1.57. The zero-order valence-electron chi connectivity index (χ0n) is 16.1. The molecular weight excluding hydrogens is 374 g/mol. The summed E-state index contributed by atoms with van der Waals surface area (Å²) in [5.41, 5.74) is 2.43. The van der Waals surface area contributed by atoms with E-state index in [1.165, 1.54) is 7.11 Å². The van der Waals surface area contributed by atoms with Gasteiger partial charge in [0.1, 0.15) is 6.42 Å². The second-order valence-electron chi connectivity index (χ2n) is 6.46. The number of methoxy groups -OCH3 is 1. The topological polar surface area (TPSA) is 97.0 Å². The number of rotatable bonds is 6. The molecule has 1 aliphatic heterocycles. The summed E-state index contributed by atoms with van der Waals surface area (Å²) < 4.78 is 10.0.